The van der Waals surface area contributed by atoms with E-state index in [1.54, 1.807) is 0 Å². The fraction of sp³-hybridized carbons (Fsp3) is 1.00. The first kappa shape index (κ1) is 14.8. The lowest BCUT2D eigenvalue weighted by atomic mass is 10.9. The van der Waals surface area contributed by atoms with Crippen LogP contribution in [0.15, 0.2) is 0 Å². The van der Waals surface area contributed by atoms with Gasteiger partial charge < -0.3 is 24.7 Å². The molecule has 0 rings (SSSR count). The molecule has 5 N–H and O–H groups in total. The van der Waals surface area contributed by atoms with Gasteiger partial charge in [0.15, 0.2) is 5.40 Å². The highest BCUT2D eigenvalue weighted by atomic mass is 31.2. The maximum Gasteiger partial charge on any atom is 0.343 e. The minimum atomic E-state index is -4.91. The Morgan fingerprint density at radius 1 is 1.00 bits per heavy atom. The number of aliphatic hydroxyl groups excluding tert-OH is 1. The van der Waals surface area contributed by atoms with E-state index in [9.17, 15) is 9.13 Å². The summed E-state index contributed by atoms with van der Waals surface area (Å²) >= 11 is 0. The van der Waals surface area contributed by atoms with Gasteiger partial charge in [0.2, 0.25) is 0 Å². The van der Waals surface area contributed by atoms with Gasteiger partial charge >= 0.3 is 15.2 Å². The molecule has 0 saturated heterocycles. The molecule has 0 atom stereocenters. The molecule has 0 spiro atoms. The Kier molecular flexibility index (Phi) is 5.52. The molecule has 0 heterocycles. The lowest BCUT2D eigenvalue weighted by molar-refractivity contribution is 0.266. The zero-order chi connectivity index (χ0) is 9.28. The van der Waals surface area contributed by atoms with Crippen molar-refractivity contribution in [1.82, 2.24) is 0 Å². The fourth-order valence-corrected chi connectivity index (χ4v) is 2.40. The van der Waals surface area contributed by atoms with Gasteiger partial charge in [-0.1, -0.05) is 7.43 Å². The molecular formula is C3H12O7P2. The van der Waals surface area contributed by atoms with Crippen LogP contribution in [0.25, 0.3) is 0 Å². The maximum atomic E-state index is 10.3. The number of rotatable bonds is 3. The van der Waals surface area contributed by atoms with Crippen LogP contribution in [0.3, 0.4) is 0 Å². The predicted molar refractivity (Wildman–Crippen MR) is 41.7 cm³/mol. The Balaban J connectivity index is 0. The largest absolute Gasteiger partial charge is 0.395 e. The van der Waals surface area contributed by atoms with Crippen molar-refractivity contribution >= 4 is 15.2 Å². The van der Waals surface area contributed by atoms with E-state index in [0.29, 0.717) is 0 Å². The van der Waals surface area contributed by atoms with Crippen LogP contribution in [0, 0.1) is 0 Å². The average Bonchev–Trinajstić information content (AvgIpc) is 1.56. The summed E-state index contributed by atoms with van der Waals surface area (Å²) in [6.45, 7) is -1.24. The number of aliphatic hydroxyl groups is 1. The van der Waals surface area contributed by atoms with E-state index < -0.39 is 27.2 Å². The summed E-state index contributed by atoms with van der Waals surface area (Å²) in [4.78, 5) is 33.1. The summed E-state index contributed by atoms with van der Waals surface area (Å²) in [6, 6.07) is 0. The summed E-state index contributed by atoms with van der Waals surface area (Å²) in [7, 11) is -9.82. The van der Waals surface area contributed by atoms with Crippen molar-refractivity contribution in [2.45, 2.75) is 12.8 Å². The quantitative estimate of drug-likeness (QED) is 0.398. The second-order valence-electron chi connectivity index (χ2n) is 1.84. The van der Waals surface area contributed by atoms with Gasteiger partial charge in [0.05, 0.1) is 6.61 Å². The molecule has 0 radical (unpaired) electrons. The average molecular weight is 222 g/mol. The second-order valence-corrected chi connectivity index (χ2v) is 5.85. The first-order valence-electron chi connectivity index (χ1n) is 2.41. The summed E-state index contributed by atoms with van der Waals surface area (Å²) in [5, 5.41) is 5.92. The fourth-order valence-electron chi connectivity index (χ4n) is 0.409. The first-order valence-corrected chi connectivity index (χ1v) is 5.77. The highest BCUT2D eigenvalue weighted by Gasteiger charge is 2.42. The Labute approximate surface area is 69.4 Å². The molecule has 12 heavy (non-hydrogen) atoms. The Bertz CT molecular complexity index is 191. The third kappa shape index (κ3) is 4.33. The van der Waals surface area contributed by atoms with Crippen molar-refractivity contribution < 1.29 is 33.8 Å². The van der Waals surface area contributed by atoms with Crippen LogP contribution in [-0.2, 0) is 9.13 Å². The molecule has 0 aliphatic carbocycles. The van der Waals surface area contributed by atoms with Crippen LogP contribution in [0.5, 0.6) is 0 Å². The molecule has 0 aromatic carbocycles. The Morgan fingerprint density at radius 2 is 1.25 bits per heavy atom. The minimum Gasteiger partial charge on any atom is -0.395 e. The topological polar surface area (TPSA) is 135 Å². The van der Waals surface area contributed by atoms with Crippen molar-refractivity contribution in [1.29, 1.82) is 0 Å². The molecule has 76 valence electrons. The molecule has 9 heteroatoms. The smallest absolute Gasteiger partial charge is 0.343 e. The molecule has 0 amide bonds. The Hall–Kier alpha value is 0.260. The van der Waals surface area contributed by atoms with Gasteiger partial charge in [-0.25, -0.2) is 0 Å². The zero-order valence-corrected chi connectivity index (χ0v) is 7.02. The lowest BCUT2D eigenvalue weighted by Crippen LogP contribution is -2.13. The van der Waals surface area contributed by atoms with E-state index in [1.807, 2.05) is 0 Å². The van der Waals surface area contributed by atoms with Crippen LogP contribution >= 0.6 is 15.2 Å². The van der Waals surface area contributed by atoms with E-state index in [4.69, 9.17) is 24.7 Å². The van der Waals surface area contributed by atoms with E-state index in [1.165, 1.54) is 0 Å². The van der Waals surface area contributed by atoms with Gasteiger partial charge in [-0.05, 0) is 0 Å². The van der Waals surface area contributed by atoms with E-state index in [2.05, 4.69) is 0 Å². The van der Waals surface area contributed by atoms with Crippen molar-refractivity contribution in [3.63, 3.8) is 0 Å². The molecule has 0 saturated carbocycles. The van der Waals surface area contributed by atoms with Crippen LogP contribution in [0.4, 0.5) is 0 Å². The first-order chi connectivity index (χ1) is 4.69. The van der Waals surface area contributed by atoms with E-state index in [-0.39, 0.29) is 7.43 Å². The molecule has 0 aliphatic heterocycles. The highest BCUT2D eigenvalue weighted by Crippen LogP contribution is 2.59. The molecule has 0 aromatic heterocycles. The van der Waals surface area contributed by atoms with Crippen molar-refractivity contribution in [2.24, 2.45) is 0 Å². The molecule has 0 bridgehead atoms. The van der Waals surface area contributed by atoms with Gasteiger partial charge in [0.25, 0.3) is 0 Å². The lowest BCUT2D eigenvalue weighted by Gasteiger charge is -2.16. The van der Waals surface area contributed by atoms with Crippen LogP contribution in [0.2, 0.25) is 0 Å². The molecule has 0 unspecified atom stereocenters. The minimum absolute atomic E-state index is 0. The number of hydrogen-bond donors (Lipinski definition) is 5. The van der Waals surface area contributed by atoms with Gasteiger partial charge in [-0.2, -0.15) is 0 Å². The van der Waals surface area contributed by atoms with Gasteiger partial charge in [0.1, 0.15) is 0 Å². The Morgan fingerprint density at radius 3 is 1.25 bits per heavy atom. The van der Waals surface area contributed by atoms with Crippen LogP contribution < -0.4 is 0 Å². The normalized spacial score (nSPS) is 12.8. The number of hydrogen-bond acceptors (Lipinski definition) is 3. The summed E-state index contributed by atoms with van der Waals surface area (Å²) in [6.07, 6.45) is 0. The van der Waals surface area contributed by atoms with Crippen molar-refractivity contribution in [3.05, 3.63) is 0 Å². The summed E-state index contributed by atoms with van der Waals surface area (Å²) in [5.41, 5.74) is 0. The summed E-state index contributed by atoms with van der Waals surface area (Å²) in [5.74, 6) is 0. The van der Waals surface area contributed by atoms with Crippen LogP contribution in [-0.4, -0.2) is 36.7 Å². The molecule has 7 nitrogen and oxygen atoms in total. The molecule has 0 aliphatic rings. The molecule has 0 fully saturated rings. The van der Waals surface area contributed by atoms with Gasteiger partial charge in [-0.3, -0.25) is 9.13 Å². The monoisotopic (exact) mass is 222 g/mol. The standard InChI is InChI=1S/C2H8O7P2.CH4/c3-1-2(10(4,5)6)11(7,8)9;/h2-3H,1H2,(H2,4,5,6)(H2,7,8,9);1H4. The maximum absolute atomic E-state index is 10.3. The van der Waals surface area contributed by atoms with Gasteiger partial charge in [-0.15, -0.1) is 0 Å². The second kappa shape index (κ2) is 4.48. The van der Waals surface area contributed by atoms with E-state index >= 15 is 0 Å². The zero-order valence-electron chi connectivity index (χ0n) is 5.23. The molecule has 0 aromatic rings. The van der Waals surface area contributed by atoms with Gasteiger partial charge in [0, 0.05) is 0 Å². The SMILES string of the molecule is C.O=P(O)(O)C(CO)P(=O)(O)O. The summed E-state index contributed by atoms with van der Waals surface area (Å²) < 4.78 is 20.5. The molecular weight excluding hydrogens is 210 g/mol. The predicted octanol–water partition coefficient (Wildman–Crippen LogP) is -0.704. The third-order valence-electron chi connectivity index (χ3n) is 0.940. The highest BCUT2D eigenvalue weighted by molar-refractivity contribution is 7.70. The van der Waals surface area contributed by atoms with Crippen LogP contribution in [0.1, 0.15) is 7.43 Å². The van der Waals surface area contributed by atoms with Crippen molar-refractivity contribution in [2.75, 3.05) is 6.61 Å². The van der Waals surface area contributed by atoms with E-state index in [0.717, 1.165) is 0 Å². The van der Waals surface area contributed by atoms with Crippen molar-refractivity contribution in [3.8, 4) is 0 Å². The third-order valence-corrected chi connectivity index (χ3v) is 4.62.